The fourth-order valence-corrected chi connectivity index (χ4v) is 1.63. The lowest BCUT2D eigenvalue weighted by Gasteiger charge is -2.11. The van der Waals surface area contributed by atoms with Crippen LogP contribution < -0.4 is 0 Å². The van der Waals surface area contributed by atoms with Gasteiger partial charge in [0.05, 0.1) is 12.2 Å². The third-order valence-electron chi connectivity index (χ3n) is 2.25. The first-order chi connectivity index (χ1) is 7.06. The number of carboxylic acid groups (broad SMARTS) is 1. The van der Waals surface area contributed by atoms with Gasteiger partial charge in [-0.2, -0.15) is 0 Å². The zero-order chi connectivity index (χ0) is 11.4. The van der Waals surface area contributed by atoms with Crippen LogP contribution in [0, 0.1) is 5.92 Å². The molecule has 0 aromatic carbocycles. The van der Waals surface area contributed by atoms with Gasteiger partial charge in [-0.15, -0.1) is 0 Å². The monoisotopic (exact) mass is 211 g/mol. The van der Waals surface area contributed by atoms with E-state index in [2.05, 4.69) is 0 Å². The van der Waals surface area contributed by atoms with Gasteiger partial charge in [0.2, 0.25) is 0 Å². The molecule has 0 saturated carbocycles. The Bertz CT molecular complexity index is 342. The summed E-state index contributed by atoms with van der Waals surface area (Å²) in [7, 11) is 0. The predicted octanol–water partition coefficient (Wildman–Crippen LogP) is 1.38. The molecule has 0 spiro atoms. The zero-order valence-electron chi connectivity index (χ0n) is 9.10. The lowest BCUT2D eigenvalue weighted by Crippen LogP contribution is -2.11. The quantitative estimate of drug-likeness (QED) is 0.773. The van der Waals surface area contributed by atoms with E-state index in [0.29, 0.717) is 24.4 Å². The van der Waals surface area contributed by atoms with Crippen LogP contribution in [-0.2, 0) is 13.0 Å². The number of aliphatic hydroxyl groups is 1. The Morgan fingerprint density at radius 1 is 1.53 bits per heavy atom. The molecule has 1 aromatic rings. The number of nitrogens with zero attached hydrogens (tertiary/aromatic N) is 1. The first-order valence-electron chi connectivity index (χ1n) is 5.08. The number of aromatic nitrogens is 1. The molecule has 0 aliphatic rings. The average Bonchev–Trinajstić information content (AvgIpc) is 2.48. The zero-order valence-corrected chi connectivity index (χ0v) is 9.10. The minimum Gasteiger partial charge on any atom is -0.478 e. The van der Waals surface area contributed by atoms with E-state index in [1.807, 2.05) is 18.4 Å². The second kappa shape index (κ2) is 4.98. The highest BCUT2D eigenvalue weighted by Crippen LogP contribution is 2.16. The molecule has 0 atom stereocenters. The van der Waals surface area contributed by atoms with Crippen molar-refractivity contribution in [3.63, 3.8) is 0 Å². The van der Waals surface area contributed by atoms with E-state index in [0.717, 1.165) is 5.69 Å². The van der Waals surface area contributed by atoms with Crippen LogP contribution in [0.5, 0.6) is 0 Å². The van der Waals surface area contributed by atoms with E-state index in [4.69, 9.17) is 10.2 Å². The highest BCUT2D eigenvalue weighted by Gasteiger charge is 2.15. The molecule has 0 unspecified atom stereocenters. The highest BCUT2D eigenvalue weighted by molar-refractivity contribution is 5.89. The van der Waals surface area contributed by atoms with Crippen molar-refractivity contribution in [3.05, 3.63) is 23.5 Å². The fraction of sp³-hybridized carbons (Fsp3) is 0.545. The molecule has 1 aromatic heterocycles. The van der Waals surface area contributed by atoms with Crippen molar-refractivity contribution in [2.24, 2.45) is 5.92 Å². The second-order valence-electron chi connectivity index (χ2n) is 4.00. The van der Waals surface area contributed by atoms with Crippen molar-refractivity contribution >= 4 is 5.97 Å². The first-order valence-corrected chi connectivity index (χ1v) is 5.08. The van der Waals surface area contributed by atoms with Crippen LogP contribution in [0.1, 0.15) is 29.9 Å². The van der Waals surface area contributed by atoms with E-state index < -0.39 is 5.97 Å². The molecule has 1 heterocycles. The predicted molar refractivity (Wildman–Crippen MR) is 57.0 cm³/mol. The topological polar surface area (TPSA) is 62.5 Å². The summed E-state index contributed by atoms with van der Waals surface area (Å²) in [4.78, 5) is 10.9. The van der Waals surface area contributed by atoms with Crippen LogP contribution in [0.3, 0.4) is 0 Å². The van der Waals surface area contributed by atoms with Gasteiger partial charge in [-0.25, -0.2) is 4.79 Å². The fourth-order valence-electron chi connectivity index (χ4n) is 1.63. The van der Waals surface area contributed by atoms with Crippen molar-refractivity contribution < 1.29 is 15.0 Å². The van der Waals surface area contributed by atoms with E-state index in [-0.39, 0.29) is 6.61 Å². The number of hydrogen-bond donors (Lipinski definition) is 2. The molecule has 4 nitrogen and oxygen atoms in total. The van der Waals surface area contributed by atoms with Crippen molar-refractivity contribution in [3.8, 4) is 0 Å². The van der Waals surface area contributed by atoms with Gasteiger partial charge in [0.1, 0.15) is 0 Å². The van der Waals surface area contributed by atoms with Crippen LogP contribution in [0.25, 0.3) is 0 Å². The Morgan fingerprint density at radius 2 is 2.20 bits per heavy atom. The van der Waals surface area contributed by atoms with Crippen LogP contribution in [-0.4, -0.2) is 27.4 Å². The first kappa shape index (κ1) is 11.8. The van der Waals surface area contributed by atoms with Crippen molar-refractivity contribution in [1.82, 2.24) is 4.57 Å². The van der Waals surface area contributed by atoms with Gasteiger partial charge in [0, 0.05) is 18.4 Å². The van der Waals surface area contributed by atoms with Gasteiger partial charge in [0.15, 0.2) is 0 Å². The average molecular weight is 211 g/mol. The molecule has 4 heteroatoms. The summed E-state index contributed by atoms with van der Waals surface area (Å²) in [6, 6.07) is 1.59. The molecule has 0 fully saturated rings. The lowest BCUT2D eigenvalue weighted by atomic mass is 10.1. The number of aliphatic hydroxyl groups excluding tert-OH is 1. The van der Waals surface area contributed by atoms with Crippen LogP contribution in [0.2, 0.25) is 0 Å². The smallest absolute Gasteiger partial charge is 0.337 e. The van der Waals surface area contributed by atoms with Crippen molar-refractivity contribution in [2.45, 2.75) is 26.8 Å². The van der Waals surface area contributed by atoms with Gasteiger partial charge >= 0.3 is 5.97 Å². The number of aromatic carboxylic acids is 1. The summed E-state index contributed by atoms with van der Waals surface area (Å²) >= 11 is 0. The maximum Gasteiger partial charge on any atom is 0.337 e. The molecule has 0 amide bonds. The largest absolute Gasteiger partial charge is 0.478 e. The summed E-state index contributed by atoms with van der Waals surface area (Å²) in [6.07, 6.45) is 2.44. The van der Waals surface area contributed by atoms with Gasteiger partial charge in [0.25, 0.3) is 0 Å². The number of carbonyl (C=O) groups is 1. The summed E-state index contributed by atoms with van der Waals surface area (Å²) in [5, 5.41) is 17.8. The molecule has 0 aliphatic carbocycles. The normalized spacial score (nSPS) is 10.9. The Hall–Kier alpha value is -1.29. The van der Waals surface area contributed by atoms with E-state index in [1.165, 1.54) is 0 Å². The Morgan fingerprint density at radius 3 is 2.67 bits per heavy atom. The number of rotatable bonds is 5. The van der Waals surface area contributed by atoms with Crippen molar-refractivity contribution in [2.75, 3.05) is 6.61 Å². The molecule has 0 aliphatic heterocycles. The minimum absolute atomic E-state index is 0.0266. The van der Waals surface area contributed by atoms with Gasteiger partial charge in [-0.05, 0) is 18.4 Å². The Kier molecular flexibility index (Phi) is 3.91. The van der Waals surface area contributed by atoms with Gasteiger partial charge in [-0.1, -0.05) is 13.8 Å². The Balaban J connectivity index is 3.02. The minimum atomic E-state index is -0.901. The molecule has 2 N–H and O–H groups in total. The SMILES string of the molecule is CC(C)Cc1c(C(=O)O)ccn1CCO. The maximum atomic E-state index is 10.9. The van der Waals surface area contributed by atoms with Crippen molar-refractivity contribution in [1.29, 1.82) is 0 Å². The summed E-state index contributed by atoms with van der Waals surface area (Å²) in [6.45, 7) is 4.57. The van der Waals surface area contributed by atoms with Crippen LogP contribution in [0.15, 0.2) is 12.3 Å². The highest BCUT2D eigenvalue weighted by atomic mass is 16.4. The standard InChI is InChI=1S/C11H17NO3/c1-8(2)7-10-9(11(14)15)3-4-12(10)5-6-13/h3-4,8,13H,5-7H2,1-2H3,(H,14,15). The second-order valence-corrected chi connectivity index (χ2v) is 4.00. The molecule has 1 rings (SSSR count). The summed E-state index contributed by atoms with van der Waals surface area (Å²) in [5.41, 5.74) is 1.14. The molecule has 0 radical (unpaired) electrons. The van der Waals surface area contributed by atoms with E-state index in [1.54, 1.807) is 12.3 Å². The number of hydrogen-bond acceptors (Lipinski definition) is 2. The maximum absolute atomic E-state index is 10.9. The summed E-state index contributed by atoms with van der Waals surface area (Å²) < 4.78 is 1.81. The molecular formula is C11H17NO3. The van der Waals surface area contributed by atoms with Crippen LogP contribution in [0.4, 0.5) is 0 Å². The third kappa shape index (κ3) is 2.83. The molecule has 0 bridgehead atoms. The van der Waals surface area contributed by atoms with Crippen LogP contribution >= 0.6 is 0 Å². The van der Waals surface area contributed by atoms with E-state index >= 15 is 0 Å². The molecule has 0 saturated heterocycles. The molecular weight excluding hydrogens is 194 g/mol. The van der Waals surface area contributed by atoms with Gasteiger partial charge < -0.3 is 14.8 Å². The van der Waals surface area contributed by atoms with E-state index in [9.17, 15) is 4.79 Å². The van der Waals surface area contributed by atoms with Gasteiger partial charge in [-0.3, -0.25) is 0 Å². The number of carboxylic acids is 1. The lowest BCUT2D eigenvalue weighted by molar-refractivity contribution is 0.0695. The summed E-state index contributed by atoms with van der Waals surface area (Å²) in [5.74, 6) is -0.502. The Labute approximate surface area is 89.2 Å². The molecule has 15 heavy (non-hydrogen) atoms. The molecule has 84 valence electrons. The third-order valence-corrected chi connectivity index (χ3v) is 2.25.